The van der Waals surface area contributed by atoms with Gasteiger partial charge in [-0.05, 0) is 35.2 Å². The molecule has 0 aliphatic rings. The van der Waals surface area contributed by atoms with Gasteiger partial charge in [0.15, 0.2) is 0 Å². The van der Waals surface area contributed by atoms with Gasteiger partial charge >= 0.3 is 0 Å². The highest BCUT2D eigenvalue weighted by molar-refractivity contribution is 6.31. The van der Waals surface area contributed by atoms with E-state index < -0.39 is 0 Å². The van der Waals surface area contributed by atoms with Crippen molar-refractivity contribution in [3.63, 3.8) is 0 Å². The van der Waals surface area contributed by atoms with Gasteiger partial charge < -0.3 is 4.74 Å². The standard InChI is InChI=1S/C24H23ClN2O2/c1-17(2)19-13-11-18(12-14-19)15-26-27-24(28)21-8-4-6-10-23(21)29-16-20-7-3-5-9-22(20)25/h3-15,17H,16H2,1-2H3,(H,27,28)/b26-15+. The van der Waals surface area contributed by atoms with Crippen molar-refractivity contribution >= 4 is 23.7 Å². The van der Waals surface area contributed by atoms with Crippen LogP contribution in [0.25, 0.3) is 0 Å². The normalized spacial score (nSPS) is 11.0. The van der Waals surface area contributed by atoms with Crippen LogP contribution >= 0.6 is 11.6 Å². The molecule has 0 spiro atoms. The lowest BCUT2D eigenvalue weighted by atomic mass is 10.0. The molecule has 0 bridgehead atoms. The van der Waals surface area contributed by atoms with E-state index in [1.54, 1.807) is 30.5 Å². The number of ether oxygens (including phenoxy) is 1. The minimum Gasteiger partial charge on any atom is -0.488 e. The van der Waals surface area contributed by atoms with Gasteiger partial charge in [-0.3, -0.25) is 4.79 Å². The van der Waals surface area contributed by atoms with Gasteiger partial charge in [-0.15, -0.1) is 0 Å². The maximum Gasteiger partial charge on any atom is 0.275 e. The average molecular weight is 407 g/mol. The molecule has 3 aromatic rings. The van der Waals surface area contributed by atoms with E-state index in [0.29, 0.717) is 22.3 Å². The molecule has 0 aliphatic heterocycles. The van der Waals surface area contributed by atoms with Gasteiger partial charge in [-0.25, -0.2) is 5.43 Å². The number of benzene rings is 3. The summed E-state index contributed by atoms with van der Waals surface area (Å²) in [5.41, 5.74) is 6.00. The third-order valence-corrected chi connectivity index (χ3v) is 4.82. The number of carbonyl (C=O) groups is 1. The summed E-state index contributed by atoms with van der Waals surface area (Å²) in [7, 11) is 0. The Kier molecular flexibility index (Phi) is 7.04. The number of hydrazone groups is 1. The quantitative estimate of drug-likeness (QED) is 0.397. The minimum atomic E-state index is -0.338. The molecule has 29 heavy (non-hydrogen) atoms. The molecular weight excluding hydrogens is 384 g/mol. The molecule has 0 aliphatic carbocycles. The van der Waals surface area contributed by atoms with Gasteiger partial charge in [0.25, 0.3) is 5.91 Å². The van der Waals surface area contributed by atoms with E-state index in [2.05, 4.69) is 36.5 Å². The van der Waals surface area contributed by atoms with Gasteiger partial charge in [-0.1, -0.05) is 80.0 Å². The minimum absolute atomic E-state index is 0.273. The predicted octanol–water partition coefficient (Wildman–Crippen LogP) is 5.81. The molecule has 1 amide bonds. The highest BCUT2D eigenvalue weighted by Crippen LogP contribution is 2.22. The molecule has 3 aromatic carbocycles. The predicted molar refractivity (Wildman–Crippen MR) is 118 cm³/mol. The summed E-state index contributed by atoms with van der Waals surface area (Å²) in [5, 5.41) is 4.69. The average Bonchev–Trinajstić information content (AvgIpc) is 2.73. The van der Waals surface area contributed by atoms with Crippen LogP contribution in [-0.2, 0) is 6.61 Å². The third kappa shape index (κ3) is 5.69. The first-order valence-electron chi connectivity index (χ1n) is 9.43. The van der Waals surface area contributed by atoms with E-state index in [-0.39, 0.29) is 12.5 Å². The van der Waals surface area contributed by atoms with Crippen molar-refractivity contribution in [3.05, 3.63) is 100 Å². The number of nitrogens with zero attached hydrogens (tertiary/aromatic N) is 1. The molecule has 0 atom stereocenters. The van der Waals surface area contributed by atoms with Crippen molar-refractivity contribution in [3.8, 4) is 5.75 Å². The summed E-state index contributed by atoms with van der Waals surface area (Å²) in [6, 6.07) is 22.6. The zero-order valence-electron chi connectivity index (χ0n) is 16.4. The number of carbonyl (C=O) groups excluding carboxylic acids is 1. The van der Waals surface area contributed by atoms with E-state index in [4.69, 9.17) is 16.3 Å². The van der Waals surface area contributed by atoms with Crippen LogP contribution in [0.1, 0.15) is 46.8 Å². The summed E-state index contributed by atoms with van der Waals surface area (Å²) < 4.78 is 5.83. The van der Waals surface area contributed by atoms with Crippen LogP contribution in [0.15, 0.2) is 77.9 Å². The Morgan fingerprint density at radius 3 is 2.45 bits per heavy atom. The van der Waals surface area contributed by atoms with Crippen LogP contribution in [0.3, 0.4) is 0 Å². The Morgan fingerprint density at radius 1 is 1.03 bits per heavy atom. The summed E-state index contributed by atoms with van der Waals surface area (Å²) in [6.07, 6.45) is 1.62. The molecule has 0 saturated heterocycles. The topological polar surface area (TPSA) is 50.7 Å². The maximum atomic E-state index is 12.5. The molecular formula is C24H23ClN2O2. The van der Waals surface area contributed by atoms with Crippen LogP contribution < -0.4 is 10.2 Å². The smallest absolute Gasteiger partial charge is 0.275 e. The fraction of sp³-hybridized carbons (Fsp3) is 0.167. The zero-order valence-corrected chi connectivity index (χ0v) is 17.2. The molecule has 0 aromatic heterocycles. The molecule has 0 saturated carbocycles. The van der Waals surface area contributed by atoms with E-state index in [1.807, 2.05) is 36.4 Å². The SMILES string of the molecule is CC(C)c1ccc(/C=N/NC(=O)c2ccccc2OCc2ccccc2Cl)cc1. The molecule has 5 heteroatoms. The number of halogens is 1. The highest BCUT2D eigenvalue weighted by atomic mass is 35.5. The molecule has 148 valence electrons. The molecule has 3 rings (SSSR count). The summed E-state index contributed by atoms with van der Waals surface area (Å²) >= 11 is 6.17. The highest BCUT2D eigenvalue weighted by Gasteiger charge is 2.12. The Morgan fingerprint density at radius 2 is 1.72 bits per heavy atom. The maximum absolute atomic E-state index is 12.5. The number of para-hydroxylation sites is 1. The fourth-order valence-electron chi connectivity index (χ4n) is 2.74. The van der Waals surface area contributed by atoms with Crippen LogP contribution in [0.4, 0.5) is 0 Å². The first-order valence-corrected chi connectivity index (χ1v) is 9.81. The van der Waals surface area contributed by atoms with Crippen LogP contribution in [0, 0.1) is 0 Å². The number of nitrogens with one attached hydrogen (secondary N) is 1. The fourth-order valence-corrected chi connectivity index (χ4v) is 2.93. The van der Waals surface area contributed by atoms with E-state index in [9.17, 15) is 4.79 Å². The van der Waals surface area contributed by atoms with Crippen molar-refractivity contribution in [1.82, 2.24) is 5.43 Å². The second-order valence-corrected chi connectivity index (χ2v) is 7.30. The monoisotopic (exact) mass is 406 g/mol. The van der Waals surface area contributed by atoms with Gasteiger partial charge in [0, 0.05) is 10.6 Å². The van der Waals surface area contributed by atoms with Crippen LogP contribution in [0.5, 0.6) is 5.75 Å². The van der Waals surface area contributed by atoms with Gasteiger partial charge in [0.1, 0.15) is 12.4 Å². The molecule has 4 nitrogen and oxygen atoms in total. The molecule has 0 heterocycles. The molecule has 0 unspecified atom stereocenters. The summed E-state index contributed by atoms with van der Waals surface area (Å²) in [5.74, 6) is 0.610. The van der Waals surface area contributed by atoms with E-state index in [0.717, 1.165) is 11.1 Å². The van der Waals surface area contributed by atoms with E-state index in [1.165, 1.54) is 5.56 Å². The number of hydrogen-bond acceptors (Lipinski definition) is 3. The first kappa shape index (κ1) is 20.6. The lowest BCUT2D eigenvalue weighted by molar-refractivity contribution is 0.0950. The van der Waals surface area contributed by atoms with Gasteiger partial charge in [-0.2, -0.15) is 5.10 Å². The Bertz CT molecular complexity index is 998. The number of hydrogen-bond donors (Lipinski definition) is 1. The van der Waals surface area contributed by atoms with Crippen molar-refractivity contribution < 1.29 is 9.53 Å². The molecule has 0 radical (unpaired) electrons. The Labute approximate surface area is 176 Å². The zero-order chi connectivity index (χ0) is 20.6. The first-order chi connectivity index (χ1) is 14.0. The second kappa shape index (κ2) is 9.89. The van der Waals surface area contributed by atoms with Crippen LogP contribution in [0.2, 0.25) is 5.02 Å². The molecule has 1 N–H and O–H groups in total. The largest absolute Gasteiger partial charge is 0.488 e. The van der Waals surface area contributed by atoms with Crippen molar-refractivity contribution in [1.29, 1.82) is 0 Å². The molecule has 0 fully saturated rings. The van der Waals surface area contributed by atoms with Crippen molar-refractivity contribution in [2.24, 2.45) is 5.10 Å². The number of rotatable bonds is 7. The Balaban J connectivity index is 1.64. The van der Waals surface area contributed by atoms with Crippen LogP contribution in [-0.4, -0.2) is 12.1 Å². The van der Waals surface area contributed by atoms with E-state index >= 15 is 0 Å². The lowest BCUT2D eigenvalue weighted by Gasteiger charge is -2.11. The lowest BCUT2D eigenvalue weighted by Crippen LogP contribution is -2.18. The van der Waals surface area contributed by atoms with Gasteiger partial charge in [0.2, 0.25) is 0 Å². The summed E-state index contributed by atoms with van der Waals surface area (Å²) in [6.45, 7) is 4.57. The van der Waals surface area contributed by atoms with Crippen molar-refractivity contribution in [2.75, 3.05) is 0 Å². The third-order valence-electron chi connectivity index (χ3n) is 4.46. The summed E-state index contributed by atoms with van der Waals surface area (Å²) in [4.78, 5) is 12.5. The van der Waals surface area contributed by atoms with Crippen molar-refractivity contribution in [2.45, 2.75) is 26.4 Å². The Hall–Kier alpha value is -3.11. The number of amides is 1. The second-order valence-electron chi connectivity index (χ2n) is 6.90. The van der Waals surface area contributed by atoms with Gasteiger partial charge in [0.05, 0.1) is 11.8 Å².